The molecule has 0 amide bonds. The van der Waals surface area contributed by atoms with Crippen LogP contribution in [0, 0.1) is 11.8 Å². The van der Waals surface area contributed by atoms with E-state index in [2.05, 4.69) is 15.3 Å². The number of hydrogen-bond acceptors (Lipinski definition) is 6. The molecule has 1 aliphatic carbocycles. The summed E-state index contributed by atoms with van der Waals surface area (Å²) in [7, 11) is -4.40. The van der Waals surface area contributed by atoms with Gasteiger partial charge in [0.15, 0.2) is 0 Å². The van der Waals surface area contributed by atoms with Crippen LogP contribution >= 0.6 is 12.4 Å². The van der Waals surface area contributed by atoms with Gasteiger partial charge in [-0.25, -0.2) is 9.29 Å². The van der Waals surface area contributed by atoms with Gasteiger partial charge in [-0.05, 0) is 61.1 Å². The maximum Gasteiger partial charge on any atom is 0.359 e. The third-order valence-electron chi connectivity index (χ3n) is 6.89. The molecule has 190 valence electrons. The number of halogens is 1. The number of nitrogens with one attached hydrogen (secondary N) is 1. The van der Waals surface area contributed by atoms with Crippen LogP contribution in [0.1, 0.15) is 25.7 Å². The topological polar surface area (TPSA) is 121 Å². The molecule has 1 saturated carbocycles. The van der Waals surface area contributed by atoms with Crippen LogP contribution in [-0.4, -0.2) is 36.0 Å². The standard InChI is InChI=1S/C26H29N5O3S.ClH/c27-25-22-9-3-4-10-23(22)29-26(30-25)28-16-18-12-14-19(15-13-18)17-31(35(32,33)34)24-11-5-7-20-6-1-2-8-21(20)24;/h1-11,18-19H,12-17H2,(H,32,33,34)(H3,27,28,29,30);1H. The average Bonchev–Trinajstić information content (AvgIpc) is 2.86. The molecular weight excluding hydrogens is 498 g/mol. The number of nitrogens with two attached hydrogens (primary N) is 1. The lowest BCUT2D eigenvalue weighted by atomic mass is 9.82. The van der Waals surface area contributed by atoms with Crippen molar-refractivity contribution in [2.45, 2.75) is 25.7 Å². The first-order valence-corrected chi connectivity index (χ1v) is 13.3. The zero-order valence-corrected chi connectivity index (χ0v) is 21.4. The summed E-state index contributed by atoms with van der Waals surface area (Å²) in [5, 5.41) is 5.91. The van der Waals surface area contributed by atoms with Crippen LogP contribution in [0.5, 0.6) is 0 Å². The molecule has 0 bridgehead atoms. The largest absolute Gasteiger partial charge is 0.383 e. The van der Waals surface area contributed by atoms with Gasteiger partial charge < -0.3 is 11.1 Å². The second-order valence-corrected chi connectivity index (χ2v) is 10.6. The number of benzene rings is 3. The van der Waals surface area contributed by atoms with Crippen molar-refractivity contribution < 1.29 is 13.0 Å². The number of hydrogen-bond donors (Lipinski definition) is 3. The van der Waals surface area contributed by atoms with E-state index >= 15 is 0 Å². The second kappa shape index (κ2) is 10.9. The maximum absolute atomic E-state index is 12.3. The Kier molecular flexibility index (Phi) is 7.82. The van der Waals surface area contributed by atoms with E-state index in [9.17, 15) is 13.0 Å². The Morgan fingerprint density at radius 3 is 2.28 bits per heavy atom. The van der Waals surface area contributed by atoms with Crippen molar-refractivity contribution in [3.8, 4) is 0 Å². The zero-order valence-electron chi connectivity index (χ0n) is 19.7. The van der Waals surface area contributed by atoms with Crippen molar-refractivity contribution in [3.63, 3.8) is 0 Å². The smallest absolute Gasteiger partial charge is 0.359 e. The molecule has 0 unspecified atom stereocenters. The second-order valence-electron chi connectivity index (χ2n) is 9.22. The fourth-order valence-electron chi connectivity index (χ4n) is 5.01. The zero-order chi connectivity index (χ0) is 24.4. The molecule has 0 saturated heterocycles. The molecule has 0 atom stereocenters. The van der Waals surface area contributed by atoms with Crippen LogP contribution in [0.2, 0.25) is 0 Å². The Hall–Kier alpha value is -3.14. The predicted octanol–water partition coefficient (Wildman–Crippen LogP) is 5.31. The monoisotopic (exact) mass is 527 g/mol. The molecule has 1 aromatic heterocycles. The van der Waals surface area contributed by atoms with Gasteiger partial charge in [0.25, 0.3) is 0 Å². The van der Waals surface area contributed by atoms with E-state index in [1.165, 1.54) is 0 Å². The summed E-state index contributed by atoms with van der Waals surface area (Å²) < 4.78 is 35.9. The van der Waals surface area contributed by atoms with Gasteiger partial charge in [-0.3, -0.25) is 4.55 Å². The minimum atomic E-state index is -4.40. The molecule has 10 heteroatoms. The first-order chi connectivity index (χ1) is 16.9. The molecule has 0 radical (unpaired) electrons. The van der Waals surface area contributed by atoms with Gasteiger partial charge >= 0.3 is 10.3 Å². The van der Waals surface area contributed by atoms with Crippen molar-refractivity contribution in [1.29, 1.82) is 0 Å². The lowest BCUT2D eigenvalue weighted by molar-refractivity contribution is 0.288. The molecule has 5 rings (SSSR count). The number of para-hydroxylation sites is 1. The quantitative estimate of drug-likeness (QED) is 0.278. The molecule has 1 heterocycles. The van der Waals surface area contributed by atoms with Crippen LogP contribution in [0.3, 0.4) is 0 Å². The molecule has 4 N–H and O–H groups in total. The normalized spacial score (nSPS) is 18.0. The van der Waals surface area contributed by atoms with Crippen molar-refractivity contribution >= 4 is 61.8 Å². The lowest BCUT2D eigenvalue weighted by Gasteiger charge is -2.32. The first kappa shape index (κ1) is 25.9. The van der Waals surface area contributed by atoms with Gasteiger partial charge in [0.05, 0.1) is 11.2 Å². The highest BCUT2D eigenvalue weighted by molar-refractivity contribution is 7.87. The minimum absolute atomic E-state index is 0. The van der Waals surface area contributed by atoms with Crippen LogP contribution in [0.15, 0.2) is 66.7 Å². The summed E-state index contributed by atoms with van der Waals surface area (Å²) in [6.45, 7) is 0.993. The Labute approximate surface area is 217 Å². The highest BCUT2D eigenvalue weighted by Crippen LogP contribution is 2.34. The number of nitrogens with zero attached hydrogens (tertiary/aromatic N) is 3. The van der Waals surface area contributed by atoms with Gasteiger partial charge in [-0.1, -0.05) is 48.5 Å². The molecule has 1 aliphatic rings. The Morgan fingerprint density at radius 2 is 1.53 bits per heavy atom. The number of aromatic nitrogens is 2. The SMILES string of the molecule is Cl.Nc1nc(NCC2CCC(CN(c3cccc4ccccc34)S(=O)(=O)O)CC2)nc2ccccc12. The van der Waals surface area contributed by atoms with E-state index in [1.807, 2.05) is 60.7 Å². The third kappa shape index (κ3) is 5.64. The summed E-state index contributed by atoms with van der Waals surface area (Å²) in [5.74, 6) is 1.58. The van der Waals surface area contributed by atoms with Crippen LogP contribution < -0.4 is 15.4 Å². The third-order valence-corrected chi connectivity index (χ3v) is 7.79. The molecule has 36 heavy (non-hydrogen) atoms. The molecule has 0 spiro atoms. The van der Waals surface area contributed by atoms with E-state index in [0.29, 0.717) is 23.4 Å². The maximum atomic E-state index is 12.3. The van der Waals surface area contributed by atoms with E-state index < -0.39 is 10.3 Å². The van der Waals surface area contributed by atoms with Gasteiger partial charge in [-0.15, -0.1) is 12.4 Å². The van der Waals surface area contributed by atoms with Gasteiger partial charge in [-0.2, -0.15) is 13.4 Å². The Balaban J connectivity index is 0.00000304. The predicted molar refractivity (Wildman–Crippen MR) is 148 cm³/mol. The van der Waals surface area contributed by atoms with Crippen molar-refractivity contribution in [2.75, 3.05) is 28.4 Å². The van der Waals surface area contributed by atoms with Crippen molar-refractivity contribution in [3.05, 3.63) is 66.7 Å². The van der Waals surface area contributed by atoms with Crippen LogP contribution in [0.25, 0.3) is 21.7 Å². The highest BCUT2D eigenvalue weighted by atomic mass is 35.5. The van der Waals surface area contributed by atoms with Gasteiger partial charge in [0.1, 0.15) is 5.82 Å². The number of fused-ring (bicyclic) bond motifs is 2. The molecule has 0 aliphatic heterocycles. The first-order valence-electron chi connectivity index (χ1n) is 11.9. The summed E-state index contributed by atoms with van der Waals surface area (Å²) >= 11 is 0. The van der Waals surface area contributed by atoms with E-state index in [0.717, 1.165) is 58.2 Å². The molecular formula is C26H30ClN5O3S. The van der Waals surface area contributed by atoms with Gasteiger partial charge in [0, 0.05) is 23.9 Å². The van der Waals surface area contributed by atoms with Crippen molar-refractivity contribution in [2.24, 2.45) is 11.8 Å². The fourth-order valence-corrected chi connectivity index (χ4v) is 5.82. The molecule has 8 nitrogen and oxygen atoms in total. The lowest BCUT2D eigenvalue weighted by Crippen LogP contribution is -2.36. The fraction of sp³-hybridized carbons (Fsp3) is 0.308. The minimum Gasteiger partial charge on any atom is -0.383 e. The van der Waals surface area contributed by atoms with E-state index in [-0.39, 0.29) is 24.9 Å². The Morgan fingerprint density at radius 1 is 0.889 bits per heavy atom. The average molecular weight is 528 g/mol. The van der Waals surface area contributed by atoms with Crippen molar-refractivity contribution in [1.82, 2.24) is 9.97 Å². The van der Waals surface area contributed by atoms with Crippen LogP contribution in [0.4, 0.5) is 17.5 Å². The van der Waals surface area contributed by atoms with Crippen LogP contribution in [-0.2, 0) is 10.3 Å². The molecule has 1 fully saturated rings. The Bertz CT molecular complexity index is 1450. The summed E-state index contributed by atoms with van der Waals surface area (Å²) in [6.07, 6.45) is 3.67. The summed E-state index contributed by atoms with van der Waals surface area (Å²) in [6, 6.07) is 20.8. The molecule has 3 aromatic carbocycles. The van der Waals surface area contributed by atoms with E-state index in [4.69, 9.17) is 5.73 Å². The number of rotatable bonds is 7. The number of nitrogen functional groups attached to an aromatic ring is 1. The molecule has 4 aromatic rings. The van der Waals surface area contributed by atoms with E-state index in [1.54, 1.807) is 6.07 Å². The number of anilines is 3. The van der Waals surface area contributed by atoms with Gasteiger partial charge in [0.2, 0.25) is 5.95 Å². The summed E-state index contributed by atoms with van der Waals surface area (Å²) in [4.78, 5) is 8.94. The summed E-state index contributed by atoms with van der Waals surface area (Å²) in [5.41, 5.74) is 7.41. The highest BCUT2D eigenvalue weighted by Gasteiger charge is 2.28.